The average Bonchev–Trinajstić information content (AvgIpc) is 3.06. The number of fused-ring (bicyclic) bond motifs is 1. The van der Waals surface area contributed by atoms with Gasteiger partial charge in [0, 0.05) is 11.2 Å². The van der Waals surface area contributed by atoms with Gasteiger partial charge in [0.1, 0.15) is 0 Å². The van der Waals surface area contributed by atoms with Crippen molar-refractivity contribution in [2.45, 2.75) is 44.2 Å². The molecule has 154 valence electrons. The van der Waals surface area contributed by atoms with E-state index in [2.05, 4.69) is 4.99 Å². The summed E-state index contributed by atoms with van der Waals surface area (Å²) in [7, 11) is -3.36. The fourth-order valence-corrected chi connectivity index (χ4v) is 7.51. The molecule has 0 aliphatic carbocycles. The Morgan fingerprint density at radius 1 is 1.25 bits per heavy atom. The SMILES string of the molecule is CCC(CC)C(=O)N=C1SC2CS(=O)(=O)CC2N1c1ccccc1C(F)(F)F. The highest BCUT2D eigenvalue weighted by Crippen LogP contribution is 2.45. The van der Waals surface area contributed by atoms with Crippen LogP contribution in [-0.2, 0) is 20.8 Å². The fraction of sp³-hybridized carbons (Fsp3) is 0.556. The molecule has 2 aliphatic heterocycles. The summed E-state index contributed by atoms with van der Waals surface area (Å²) in [6.07, 6.45) is -3.45. The number of benzene rings is 1. The monoisotopic (exact) mass is 434 g/mol. The molecule has 2 heterocycles. The number of aliphatic imine (C=N–C) groups is 1. The van der Waals surface area contributed by atoms with Gasteiger partial charge in [-0.1, -0.05) is 37.7 Å². The van der Waals surface area contributed by atoms with Crippen molar-refractivity contribution in [3.8, 4) is 0 Å². The van der Waals surface area contributed by atoms with Gasteiger partial charge in [-0.3, -0.25) is 4.79 Å². The summed E-state index contributed by atoms with van der Waals surface area (Å²) >= 11 is 1.08. The summed E-state index contributed by atoms with van der Waals surface area (Å²) in [6.45, 7) is 3.71. The van der Waals surface area contributed by atoms with Gasteiger partial charge in [-0.25, -0.2) is 8.42 Å². The number of rotatable bonds is 4. The van der Waals surface area contributed by atoms with Gasteiger partial charge in [-0.2, -0.15) is 18.2 Å². The van der Waals surface area contributed by atoms with E-state index in [4.69, 9.17) is 0 Å². The standard InChI is InChI=1S/C18H21F3N2O3S2/c1-3-11(4-2)16(24)22-17-23(14-9-28(25,26)10-15(14)27-17)13-8-6-5-7-12(13)18(19,20)21/h5-8,11,14-15H,3-4,9-10H2,1-2H3. The highest BCUT2D eigenvalue weighted by atomic mass is 32.2. The van der Waals surface area contributed by atoms with Crippen LogP contribution in [0.25, 0.3) is 0 Å². The zero-order chi connectivity index (χ0) is 20.7. The van der Waals surface area contributed by atoms with Crippen molar-refractivity contribution >= 4 is 38.4 Å². The second kappa shape index (κ2) is 7.70. The van der Waals surface area contributed by atoms with Crippen molar-refractivity contribution < 1.29 is 26.4 Å². The first kappa shape index (κ1) is 21.2. The van der Waals surface area contributed by atoms with Crippen molar-refractivity contribution in [2.75, 3.05) is 16.4 Å². The minimum atomic E-state index is -4.61. The zero-order valence-corrected chi connectivity index (χ0v) is 17.1. The first-order valence-electron chi connectivity index (χ1n) is 9.02. The van der Waals surface area contributed by atoms with Crippen LogP contribution in [0.3, 0.4) is 0 Å². The van der Waals surface area contributed by atoms with E-state index in [1.165, 1.54) is 23.1 Å². The molecule has 2 unspecified atom stereocenters. The third kappa shape index (κ3) is 4.07. The minimum Gasteiger partial charge on any atom is -0.315 e. The van der Waals surface area contributed by atoms with Crippen molar-refractivity contribution in [3.63, 3.8) is 0 Å². The van der Waals surface area contributed by atoms with E-state index < -0.39 is 32.9 Å². The Morgan fingerprint density at radius 2 is 1.89 bits per heavy atom. The Morgan fingerprint density at radius 3 is 2.50 bits per heavy atom. The molecule has 1 aromatic carbocycles. The molecule has 10 heteroatoms. The predicted octanol–water partition coefficient (Wildman–Crippen LogP) is 3.74. The molecular formula is C18H21F3N2O3S2. The summed E-state index contributed by atoms with van der Waals surface area (Å²) in [4.78, 5) is 17.9. The molecule has 2 saturated heterocycles. The molecule has 0 spiro atoms. The van der Waals surface area contributed by atoms with Gasteiger partial charge in [-0.05, 0) is 25.0 Å². The number of alkyl halides is 3. The van der Waals surface area contributed by atoms with Crippen LogP contribution in [0.15, 0.2) is 29.3 Å². The number of hydrogen-bond donors (Lipinski definition) is 0. The molecule has 1 amide bonds. The molecule has 0 saturated carbocycles. The summed E-state index contributed by atoms with van der Waals surface area (Å²) < 4.78 is 64.8. The molecular weight excluding hydrogens is 413 g/mol. The number of carbonyl (C=O) groups excluding carboxylic acids is 1. The number of carbonyl (C=O) groups is 1. The summed E-state index contributed by atoms with van der Waals surface area (Å²) in [5.74, 6) is -1.08. The second-order valence-electron chi connectivity index (χ2n) is 6.93. The number of anilines is 1. The van der Waals surface area contributed by atoms with Crippen LogP contribution >= 0.6 is 11.8 Å². The Bertz CT molecular complexity index is 896. The lowest BCUT2D eigenvalue weighted by molar-refractivity contribution is -0.137. The van der Waals surface area contributed by atoms with Crippen LogP contribution in [0.2, 0.25) is 0 Å². The van der Waals surface area contributed by atoms with Crippen LogP contribution < -0.4 is 4.90 Å². The van der Waals surface area contributed by atoms with Gasteiger partial charge in [0.05, 0.1) is 28.8 Å². The molecule has 2 aliphatic rings. The van der Waals surface area contributed by atoms with E-state index in [1.807, 2.05) is 13.8 Å². The quantitative estimate of drug-likeness (QED) is 0.722. The maximum absolute atomic E-state index is 13.6. The maximum atomic E-state index is 13.6. The number of halogens is 3. The first-order chi connectivity index (χ1) is 13.1. The van der Waals surface area contributed by atoms with Gasteiger partial charge >= 0.3 is 6.18 Å². The highest BCUT2D eigenvalue weighted by Gasteiger charge is 2.51. The van der Waals surface area contributed by atoms with Crippen LogP contribution in [0.1, 0.15) is 32.3 Å². The van der Waals surface area contributed by atoms with Crippen molar-refractivity contribution in [3.05, 3.63) is 29.8 Å². The van der Waals surface area contributed by atoms with E-state index in [9.17, 15) is 26.4 Å². The van der Waals surface area contributed by atoms with Crippen molar-refractivity contribution in [2.24, 2.45) is 10.9 Å². The largest absolute Gasteiger partial charge is 0.418 e. The Hall–Kier alpha value is -1.55. The fourth-order valence-electron chi connectivity index (χ4n) is 3.59. The Labute approximate surface area is 166 Å². The van der Waals surface area contributed by atoms with Crippen LogP contribution in [0, 0.1) is 5.92 Å². The number of thioether (sulfide) groups is 1. The van der Waals surface area contributed by atoms with Crippen LogP contribution in [0.5, 0.6) is 0 Å². The van der Waals surface area contributed by atoms with Gasteiger partial charge in [0.15, 0.2) is 15.0 Å². The lowest BCUT2D eigenvalue weighted by Gasteiger charge is -2.27. The molecule has 2 fully saturated rings. The molecule has 5 nitrogen and oxygen atoms in total. The van der Waals surface area contributed by atoms with Crippen LogP contribution in [-0.4, -0.2) is 42.3 Å². The van der Waals surface area contributed by atoms with Gasteiger partial charge < -0.3 is 4.90 Å². The molecule has 28 heavy (non-hydrogen) atoms. The number of nitrogens with zero attached hydrogens (tertiary/aromatic N) is 2. The molecule has 2 atom stereocenters. The molecule has 3 rings (SSSR count). The molecule has 0 N–H and O–H groups in total. The van der Waals surface area contributed by atoms with E-state index in [1.54, 1.807) is 0 Å². The molecule has 0 aromatic heterocycles. The van der Waals surface area contributed by atoms with E-state index in [0.717, 1.165) is 17.8 Å². The highest BCUT2D eigenvalue weighted by molar-refractivity contribution is 8.16. The zero-order valence-electron chi connectivity index (χ0n) is 15.4. The summed E-state index contributed by atoms with van der Waals surface area (Å²) in [5.41, 5.74) is -1.04. The van der Waals surface area contributed by atoms with E-state index in [0.29, 0.717) is 12.8 Å². The Kier molecular flexibility index (Phi) is 5.82. The van der Waals surface area contributed by atoms with Crippen LogP contribution in [0.4, 0.5) is 18.9 Å². The predicted molar refractivity (Wildman–Crippen MR) is 104 cm³/mol. The number of amides is 1. The number of sulfone groups is 1. The second-order valence-corrected chi connectivity index (χ2v) is 10.3. The average molecular weight is 435 g/mol. The lowest BCUT2D eigenvalue weighted by Crippen LogP contribution is -2.39. The third-order valence-electron chi connectivity index (χ3n) is 5.08. The topological polar surface area (TPSA) is 66.8 Å². The first-order valence-corrected chi connectivity index (χ1v) is 11.7. The Balaban J connectivity index is 2.09. The van der Waals surface area contributed by atoms with Crippen molar-refractivity contribution in [1.82, 2.24) is 0 Å². The maximum Gasteiger partial charge on any atom is 0.418 e. The van der Waals surface area contributed by atoms with E-state index >= 15 is 0 Å². The van der Waals surface area contributed by atoms with Crippen molar-refractivity contribution in [1.29, 1.82) is 0 Å². The van der Waals surface area contributed by atoms with Gasteiger partial charge in [0.25, 0.3) is 5.91 Å². The summed E-state index contributed by atoms with van der Waals surface area (Å²) in [6, 6.07) is 4.33. The number of para-hydroxylation sites is 1. The smallest absolute Gasteiger partial charge is 0.315 e. The van der Waals surface area contributed by atoms with Gasteiger partial charge in [-0.15, -0.1) is 0 Å². The molecule has 0 bridgehead atoms. The number of hydrogen-bond acceptors (Lipinski definition) is 4. The molecule has 0 radical (unpaired) electrons. The number of amidine groups is 1. The van der Waals surface area contributed by atoms with E-state index in [-0.39, 0.29) is 34.2 Å². The van der Waals surface area contributed by atoms with Gasteiger partial charge in [0.2, 0.25) is 0 Å². The normalized spacial score (nSPS) is 25.5. The molecule has 1 aromatic rings. The summed E-state index contributed by atoms with van der Waals surface area (Å²) in [5, 5.41) is -0.293. The third-order valence-corrected chi connectivity index (χ3v) is 8.29. The lowest BCUT2D eigenvalue weighted by atomic mass is 10.0. The minimum absolute atomic E-state index is 0.134.